The Morgan fingerprint density at radius 1 is 1.29 bits per heavy atom. The molecular weight excluding hydrogens is 266 g/mol. The van der Waals surface area contributed by atoms with Crippen LogP contribution in [0.5, 0.6) is 5.75 Å². The van der Waals surface area contributed by atoms with Gasteiger partial charge in [0.25, 0.3) is 0 Å². The molecule has 3 N–H and O–H groups in total. The highest BCUT2D eigenvalue weighted by molar-refractivity contribution is 5.36. The summed E-state index contributed by atoms with van der Waals surface area (Å²) in [6.07, 6.45) is -0.610. The van der Waals surface area contributed by atoms with Gasteiger partial charge in [0.1, 0.15) is 18.5 Å². The Labute approximate surface area is 128 Å². The maximum atomic E-state index is 9.91. The average Bonchev–Trinajstić information content (AvgIpc) is 2.42. The zero-order valence-corrected chi connectivity index (χ0v) is 13.8. The van der Waals surface area contributed by atoms with E-state index in [1.165, 1.54) is 11.1 Å². The van der Waals surface area contributed by atoms with Crippen molar-refractivity contribution in [3.05, 3.63) is 29.3 Å². The summed E-state index contributed by atoms with van der Waals surface area (Å²) in [4.78, 5) is 0. The third-order valence-corrected chi connectivity index (χ3v) is 3.52. The molecule has 0 saturated heterocycles. The predicted octanol–water partition coefficient (Wildman–Crippen LogP) is 2.22. The van der Waals surface area contributed by atoms with Crippen LogP contribution < -0.4 is 10.1 Å². The van der Waals surface area contributed by atoms with E-state index in [4.69, 9.17) is 9.84 Å². The second-order valence-electron chi connectivity index (χ2n) is 6.56. The van der Waals surface area contributed by atoms with Gasteiger partial charge in [-0.15, -0.1) is 0 Å². The van der Waals surface area contributed by atoms with E-state index in [9.17, 15) is 5.11 Å². The highest BCUT2D eigenvalue weighted by Crippen LogP contribution is 2.23. The Balaban J connectivity index is 2.46. The van der Waals surface area contributed by atoms with Crippen LogP contribution in [0, 0.1) is 6.92 Å². The van der Waals surface area contributed by atoms with E-state index in [0.29, 0.717) is 12.5 Å². The first-order valence-electron chi connectivity index (χ1n) is 7.52. The molecule has 0 heterocycles. The van der Waals surface area contributed by atoms with Crippen LogP contribution in [0.15, 0.2) is 18.2 Å². The summed E-state index contributed by atoms with van der Waals surface area (Å²) in [5.74, 6) is 1.27. The molecule has 0 aromatic heterocycles. The van der Waals surface area contributed by atoms with Crippen molar-refractivity contribution in [2.45, 2.75) is 52.2 Å². The van der Waals surface area contributed by atoms with Crippen LogP contribution in [-0.2, 0) is 0 Å². The van der Waals surface area contributed by atoms with E-state index in [-0.39, 0.29) is 13.2 Å². The topological polar surface area (TPSA) is 61.7 Å². The highest BCUT2D eigenvalue weighted by atomic mass is 16.5. The number of hydrogen-bond donors (Lipinski definition) is 3. The molecule has 1 atom stereocenters. The summed E-state index contributed by atoms with van der Waals surface area (Å²) in [5, 5.41) is 22.2. The van der Waals surface area contributed by atoms with Gasteiger partial charge in [-0.2, -0.15) is 0 Å². The number of benzene rings is 1. The van der Waals surface area contributed by atoms with Crippen LogP contribution in [0.1, 0.15) is 44.7 Å². The first-order valence-corrected chi connectivity index (χ1v) is 7.52. The van der Waals surface area contributed by atoms with Crippen LogP contribution in [0.4, 0.5) is 0 Å². The Morgan fingerprint density at radius 2 is 1.95 bits per heavy atom. The Kier molecular flexibility index (Phi) is 6.65. The van der Waals surface area contributed by atoms with Crippen molar-refractivity contribution in [3.63, 3.8) is 0 Å². The summed E-state index contributed by atoms with van der Waals surface area (Å²) in [6.45, 7) is 10.8. The zero-order valence-electron chi connectivity index (χ0n) is 13.8. The fourth-order valence-corrected chi connectivity index (χ4v) is 2.09. The molecule has 0 spiro atoms. The third kappa shape index (κ3) is 6.04. The minimum Gasteiger partial charge on any atom is -0.491 e. The number of aliphatic hydroxyl groups is 2. The maximum absolute atomic E-state index is 9.91. The van der Waals surface area contributed by atoms with Crippen molar-refractivity contribution >= 4 is 0 Å². The lowest BCUT2D eigenvalue weighted by Gasteiger charge is -2.25. The monoisotopic (exact) mass is 295 g/mol. The van der Waals surface area contributed by atoms with Crippen LogP contribution in [0.25, 0.3) is 0 Å². The minimum atomic E-state index is -0.610. The molecule has 1 aromatic rings. The van der Waals surface area contributed by atoms with Gasteiger partial charge in [-0.1, -0.05) is 19.9 Å². The maximum Gasteiger partial charge on any atom is 0.119 e. The van der Waals surface area contributed by atoms with Gasteiger partial charge in [-0.05, 0) is 49.9 Å². The number of β-amino-alcohol motifs (C(OH)–C–C–N with tert-alkyl or cyclic N) is 1. The van der Waals surface area contributed by atoms with Gasteiger partial charge >= 0.3 is 0 Å². The molecular formula is C17H29NO3. The summed E-state index contributed by atoms with van der Waals surface area (Å²) in [6, 6.07) is 6.03. The number of aryl methyl sites for hydroxylation is 1. The van der Waals surface area contributed by atoms with Crippen LogP contribution in [-0.4, -0.2) is 41.6 Å². The van der Waals surface area contributed by atoms with Gasteiger partial charge in [0, 0.05) is 12.1 Å². The lowest BCUT2D eigenvalue weighted by atomic mass is 9.98. The van der Waals surface area contributed by atoms with Crippen molar-refractivity contribution in [3.8, 4) is 5.75 Å². The first-order chi connectivity index (χ1) is 9.75. The van der Waals surface area contributed by atoms with Crippen LogP contribution >= 0.6 is 0 Å². The van der Waals surface area contributed by atoms with Gasteiger partial charge in [-0.3, -0.25) is 0 Å². The normalized spacial score (nSPS) is 13.5. The molecule has 0 radical (unpaired) electrons. The standard InChI is InChI=1S/C17H29NO3/c1-12(2)16-7-6-15(8-13(16)3)21-10-14(20)9-18-17(4,5)11-19/h6-8,12,14,18-20H,9-11H2,1-5H3/t14-/m0/s1. The average molecular weight is 295 g/mol. The second kappa shape index (κ2) is 7.78. The molecule has 0 amide bonds. The van der Waals surface area contributed by atoms with Crippen molar-refractivity contribution in [2.24, 2.45) is 0 Å². The van der Waals surface area contributed by atoms with E-state index in [2.05, 4.69) is 32.2 Å². The second-order valence-corrected chi connectivity index (χ2v) is 6.56. The molecule has 120 valence electrons. The van der Waals surface area contributed by atoms with E-state index in [1.807, 2.05) is 26.0 Å². The predicted molar refractivity (Wildman–Crippen MR) is 85.9 cm³/mol. The number of nitrogens with one attached hydrogen (secondary N) is 1. The zero-order chi connectivity index (χ0) is 16.0. The van der Waals surface area contributed by atoms with Crippen molar-refractivity contribution in [2.75, 3.05) is 19.8 Å². The van der Waals surface area contributed by atoms with Gasteiger partial charge < -0.3 is 20.3 Å². The fraction of sp³-hybridized carbons (Fsp3) is 0.647. The molecule has 0 aliphatic heterocycles. The number of rotatable bonds is 8. The molecule has 0 aliphatic carbocycles. The van der Waals surface area contributed by atoms with Crippen LogP contribution in [0.2, 0.25) is 0 Å². The minimum absolute atomic E-state index is 0.0242. The van der Waals surface area contributed by atoms with Crippen molar-refractivity contribution in [1.29, 1.82) is 0 Å². The summed E-state index contributed by atoms with van der Waals surface area (Å²) < 4.78 is 5.63. The van der Waals surface area contributed by atoms with Crippen LogP contribution in [0.3, 0.4) is 0 Å². The fourth-order valence-electron chi connectivity index (χ4n) is 2.09. The molecule has 0 fully saturated rings. The molecule has 1 rings (SSSR count). The molecule has 0 bridgehead atoms. The molecule has 4 nitrogen and oxygen atoms in total. The highest BCUT2D eigenvalue weighted by Gasteiger charge is 2.17. The lowest BCUT2D eigenvalue weighted by Crippen LogP contribution is -2.47. The van der Waals surface area contributed by atoms with Gasteiger partial charge in [0.15, 0.2) is 0 Å². The summed E-state index contributed by atoms with van der Waals surface area (Å²) >= 11 is 0. The molecule has 4 heteroatoms. The molecule has 0 saturated carbocycles. The largest absolute Gasteiger partial charge is 0.491 e. The first kappa shape index (κ1) is 18.0. The van der Waals surface area contributed by atoms with E-state index in [1.54, 1.807) is 0 Å². The number of hydrogen-bond acceptors (Lipinski definition) is 4. The van der Waals surface area contributed by atoms with Crippen molar-refractivity contribution in [1.82, 2.24) is 5.32 Å². The van der Waals surface area contributed by atoms with E-state index >= 15 is 0 Å². The molecule has 0 aliphatic rings. The third-order valence-electron chi connectivity index (χ3n) is 3.52. The summed E-state index contributed by atoms with van der Waals surface area (Å²) in [7, 11) is 0. The SMILES string of the molecule is Cc1cc(OC[C@@H](O)CNC(C)(C)CO)ccc1C(C)C. The molecule has 21 heavy (non-hydrogen) atoms. The molecule has 1 aromatic carbocycles. The Hall–Kier alpha value is -1.10. The van der Waals surface area contributed by atoms with Gasteiger partial charge in [-0.25, -0.2) is 0 Å². The van der Waals surface area contributed by atoms with E-state index < -0.39 is 11.6 Å². The number of aliphatic hydroxyl groups excluding tert-OH is 2. The van der Waals surface area contributed by atoms with Crippen molar-refractivity contribution < 1.29 is 14.9 Å². The Morgan fingerprint density at radius 3 is 2.48 bits per heavy atom. The number of ether oxygens (including phenoxy) is 1. The van der Waals surface area contributed by atoms with E-state index in [0.717, 1.165) is 5.75 Å². The Bertz CT molecular complexity index is 444. The van der Waals surface area contributed by atoms with Gasteiger partial charge in [0.05, 0.1) is 6.61 Å². The lowest BCUT2D eigenvalue weighted by molar-refractivity contribution is 0.0906. The van der Waals surface area contributed by atoms with Gasteiger partial charge in [0.2, 0.25) is 0 Å². The molecule has 0 unspecified atom stereocenters. The quantitative estimate of drug-likeness (QED) is 0.688. The summed E-state index contributed by atoms with van der Waals surface area (Å²) in [5.41, 5.74) is 2.13. The smallest absolute Gasteiger partial charge is 0.119 e.